The molecule has 2 rings (SSSR count). The van der Waals surface area contributed by atoms with Crippen LogP contribution in [0, 0.1) is 11.3 Å². The molecule has 0 amide bonds. The molecule has 1 heterocycles. The van der Waals surface area contributed by atoms with Crippen LogP contribution in [0.3, 0.4) is 0 Å². The van der Waals surface area contributed by atoms with Crippen molar-refractivity contribution in [3.8, 4) is 6.07 Å². The minimum absolute atomic E-state index is 0.558. The second-order valence-electron chi connectivity index (χ2n) is 3.40. The molecule has 2 aromatic rings. The zero-order valence-corrected chi connectivity index (χ0v) is 9.70. The van der Waals surface area contributed by atoms with Crippen LogP contribution < -0.4 is 0 Å². The van der Waals surface area contributed by atoms with E-state index in [1.54, 1.807) is 6.07 Å². The Morgan fingerprint density at radius 1 is 1.16 bits per heavy atom. The number of aromatic nitrogens is 1. The van der Waals surface area contributed by atoms with E-state index in [4.69, 9.17) is 15.5 Å². The van der Waals surface area contributed by atoms with E-state index in [1.165, 1.54) is 0 Å². The molecule has 1 aromatic heterocycles. The Morgan fingerprint density at radius 2 is 1.79 bits per heavy atom. The lowest BCUT2D eigenvalue weighted by Crippen LogP contribution is -1.91. The first kappa shape index (κ1) is 14.0. The number of hydrogen-bond donors (Lipinski definition) is 3. The number of carbonyl (C=O) groups is 2. The van der Waals surface area contributed by atoms with Gasteiger partial charge in [-0.25, -0.2) is 9.59 Å². The molecule has 3 N–H and O–H groups in total. The normalized spacial score (nSPS) is 9.63. The molecular formula is C13H10N2O4. The Hall–Kier alpha value is -3.07. The maximum atomic E-state index is 9.55. The summed E-state index contributed by atoms with van der Waals surface area (Å²) in [6.45, 7) is 0. The van der Waals surface area contributed by atoms with E-state index in [2.05, 4.69) is 11.1 Å². The van der Waals surface area contributed by atoms with Crippen LogP contribution in [0.15, 0.2) is 42.6 Å². The number of carboxylic acid groups (broad SMARTS) is 2. The molecule has 0 unspecified atom stereocenters. The minimum atomic E-state index is -1.26. The Labute approximate surface area is 108 Å². The van der Waals surface area contributed by atoms with Crippen molar-refractivity contribution in [1.82, 2.24) is 4.98 Å². The van der Waals surface area contributed by atoms with Crippen LogP contribution in [0.1, 0.15) is 5.56 Å². The van der Waals surface area contributed by atoms with Gasteiger partial charge in [-0.15, -0.1) is 0 Å². The van der Waals surface area contributed by atoms with E-state index >= 15 is 0 Å². The van der Waals surface area contributed by atoms with Gasteiger partial charge < -0.3 is 15.2 Å². The third-order valence-corrected chi connectivity index (χ3v) is 2.05. The van der Waals surface area contributed by atoms with Crippen molar-refractivity contribution in [3.05, 3.63) is 48.2 Å². The summed E-state index contributed by atoms with van der Waals surface area (Å²) >= 11 is 0. The van der Waals surface area contributed by atoms with Gasteiger partial charge in [0.15, 0.2) is 0 Å². The highest BCUT2D eigenvalue weighted by Gasteiger charge is 1.94. The van der Waals surface area contributed by atoms with Crippen molar-refractivity contribution in [3.63, 3.8) is 0 Å². The first-order valence-corrected chi connectivity index (χ1v) is 5.14. The minimum Gasteiger partial charge on any atom is -0.478 e. The fourth-order valence-electron chi connectivity index (χ4n) is 1.27. The highest BCUT2D eigenvalue weighted by Crippen LogP contribution is 2.12. The zero-order chi connectivity index (χ0) is 14.3. The number of aliphatic carboxylic acids is 2. The highest BCUT2D eigenvalue weighted by molar-refractivity contribution is 5.89. The maximum absolute atomic E-state index is 9.55. The topological polar surface area (TPSA) is 114 Å². The van der Waals surface area contributed by atoms with Gasteiger partial charge in [-0.05, 0) is 24.3 Å². The van der Waals surface area contributed by atoms with Crippen LogP contribution in [-0.2, 0) is 9.59 Å². The largest absolute Gasteiger partial charge is 0.478 e. The summed E-state index contributed by atoms with van der Waals surface area (Å²) < 4.78 is 0. The quantitative estimate of drug-likeness (QED) is 0.710. The molecule has 19 heavy (non-hydrogen) atoms. The van der Waals surface area contributed by atoms with E-state index in [9.17, 15) is 9.59 Å². The van der Waals surface area contributed by atoms with E-state index in [0.29, 0.717) is 17.7 Å². The van der Waals surface area contributed by atoms with Crippen molar-refractivity contribution >= 4 is 22.8 Å². The molecule has 0 aliphatic carbocycles. The summed E-state index contributed by atoms with van der Waals surface area (Å²) in [5.41, 5.74) is 1.78. The summed E-state index contributed by atoms with van der Waals surface area (Å²) in [5.74, 6) is -2.51. The van der Waals surface area contributed by atoms with Gasteiger partial charge in [-0.1, -0.05) is 0 Å². The third-order valence-electron chi connectivity index (χ3n) is 2.05. The summed E-state index contributed by atoms with van der Waals surface area (Å²) in [5, 5.41) is 25.3. The number of nitrogens with one attached hydrogen (secondary N) is 1. The molecule has 1 aromatic carbocycles. The summed E-state index contributed by atoms with van der Waals surface area (Å²) in [6.07, 6.45) is 2.98. The summed E-state index contributed by atoms with van der Waals surface area (Å²) in [4.78, 5) is 22.2. The number of nitrogens with zero attached hydrogens (tertiary/aromatic N) is 1. The molecule has 0 spiro atoms. The number of benzene rings is 1. The third kappa shape index (κ3) is 4.75. The number of aromatic amines is 1. The zero-order valence-electron chi connectivity index (χ0n) is 9.70. The van der Waals surface area contributed by atoms with Gasteiger partial charge in [0, 0.05) is 29.3 Å². The van der Waals surface area contributed by atoms with Crippen LogP contribution in [0.5, 0.6) is 0 Å². The van der Waals surface area contributed by atoms with Crippen molar-refractivity contribution in [1.29, 1.82) is 5.26 Å². The second kappa shape index (κ2) is 6.61. The smallest absolute Gasteiger partial charge is 0.328 e. The van der Waals surface area contributed by atoms with Crippen LogP contribution in [-0.4, -0.2) is 27.1 Å². The first-order valence-electron chi connectivity index (χ1n) is 5.14. The highest BCUT2D eigenvalue weighted by atomic mass is 16.4. The standard InChI is InChI=1S/C9H6N2.C4H4O4/c10-6-7-1-2-9-8(5-7)3-4-11-9;5-3(6)1-2-4(7)8/h1-5,11H;1-2H,(H,5,6)(H,7,8)/b;2-1+. The monoisotopic (exact) mass is 258 g/mol. The van der Waals surface area contributed by atoms with Gasteiger partial charge in [-0.3, -0.25) is 0 Å². The van der Waals surface area contributed by atoms with E-state index in [-0.39, 0.29) is 0 Å². The molecule has 6 heteroatoms. The van der Waals surface area contributed by atoms with Gasteiger partial charge in [0.25, 0.3) is 0 Å². The van der Waals surface area contributed by atoms with E-state index in [0.717, 1.165) is 10.9 Å². The molecule has 96 valence electrons. The number of carboxylic acids is 2. The Kier molecular flexibility index (Phi) is 4.87. The second-order valence-corrected chi connectivity index (χ2v) is 3.40. The van der Waals surface area contributed by atoms with Crippen molar-refractivity contribution < 1.29 is 19.8 Å². The molecule has 0 aliphatic heterocycles. The number of hydrogen-bond acceptors (Lipinski definition) is 3. The van der Waals surface area contributed by atoms with Gasteiger partial charge in [-0.2, -0.15) is 5.26 Å². The van der Waals surface area contributed by atoms with E-state index in [1.807, 2.05) is 24.4 Å². The van der Waals surface area contributed by atoms with Crippen molar-refractivity contribution in [2.45, 2.75) is 0 Å². The number of H-pyrrole nitrogens is 1. The lowest BCUT2D eigenvalue weighted by Gasteiger charge is -1.88. The number of rotatable bonds is 2. The van der Waals surface area contributed by atoms with Gasteiger partial charge in [0.05, 0.1) is 11.6 Å². The lowest BCUT2D eigenvalue weighted by molar-refractivity contribution is -0.134. The van der Waals surface area contributed by atoms with Crippen LogP contribution in [0.25, 0.3) is 10.9 Å². The molecule has 0 fully saturated rings. The molecular weight excluding hydrogens is 248 g/mol. The maximum Gasteiger partial charge on any atom is 0.328 e. The Balaban J connectivity index is 0.000000203. The fraction of sp³-hybridized carbons (Fsp3) is 0. The predicted octanol–water partition coefficient (Wildman–Crippen LogP) is 1.75. The SMILES string of the molecule is N#Cc1ccc2[nH]ccc2c1.O=C(O)/C=C/C(=O)O. The van der Waals surface area contributed by atoms with Crippen LogP contribution >= 0.6 is 0 Å². The van der Waals surface area contributed by atoms with Gasteiger partial charge in [0.1, 0.15) is 0 Å². The summed E-state index contributed by atoms with van der Waals surface area (Å²) in [6, 6.07) is 9.63. The van der Waals surface area contributed by atoms with E-state index < -0.39 is 11.9 Å². The lowest BCUT2D eigenvalue weighted by atomic mass is 10.2. The molecule has 0 aliphatic rings. The van der Waals surface area contributed by atoms with Crippen molar-refractivity contribution in [2.24, 2.45) is 0 Å². The van der Waals surface area contributed by atoms with Gasteiger partial charge in [0.2, 0.25) is 0 Å². The van der Waals surface area contributed by atoms with Gasteiger partial charge >= 0.3 is 11.9 Å². The Morgan fingerprint density at radius 3 is 2.32 bits per heavy atom. The Bertz CT molecular complexity index is 649. The molecule has 0 atom stereocenters. The number of fused-ring (bicyclic) bond motifs is 1. The summed E-state index contributed by atoms with van der Waals surface area (Å²) in [7, 11) is 0. The molecule has 6 nitrogen and oxygen atoms in total. The molecule has 0 radical (unpaired) electrons. The van der Waals surface area contributed by atoms with Crippen LogP contribution in [0.4, 0.5) is 0 Å². The fourth-order valence-corrected chi connectivity index (χ4v) is 1.27. The average molecular weight is 258 g/mol. The number of nitriles is 1. The molecule has 0 saturated heterocycles. The molecule has 0 bridgehead atoms. The molecule has 0 saturated carbocycles. The first-order chi connectivity index (χ1) is 9.02. The van der Waals surface area contributed by atoms with Crippen LogP contribution in [0.2, 0.25) is 0 Å². The van der Waals surface area contributed by atoms with Crippen molar-refractivity contribution in [2.75, 3.05) is 0 Å². The predicted molar refractivity (Wildman–Crippen MR) is 67.4 cm³/mol. The average Bonchev–Trinajstić information content (AvgIpc) is 2.84.